The van der Waals surface area contributed by atoms with Gasteiger partial charge in [0.15, 0.2) is 15.3 Å². The second-order valence-corrected chi connectivity index (χ2v) is 5.96. The van der Waals surface area contributed by atoms with Crippen molar-refractivity contribution >= 4 is 23.3 Å². The van der Waals surface area contributed by atoms with Crippen LogP contribution in [0.1, 0.15) is 12.7 Å². The SMILES string of the molecule is CCn1c(Sc2nc(C)ns2)nnc1-c1ccncc1. The summed E-state index contributed by atoms with van der Waals surface area (Å²) in [4.78, 5) is 8.37. The fourth-order valence-corrected chi connectivity index (χ4v) is 3.41. The van der Waals surface area contributed by atoms with Gasteiger partial charge in [-0.2, -0.15) is 4.37 Å². The number of pyridine rings is 1. The molecule has 0 fully saturated rings. The van der Waals surface area contributed by atoms with Crippen LogP contribution in [0.3, 0.4) is 0 Å². The van der Waals surface area contributed by atoms with Gasteiger partial charge in [0.05, 0.1) is 0 Å². The van der Waals surface area contributed by atoms with Crippen LogP contribution in [0.5, 0.6) is 0 Å². The van der Waals surface area contributed by atoms with Gasteiger partial charge in [-0.05, 0) is 49.3 Å². The van der Waals surface area contributed by atoms with Crippen molar-refractivity contribution in [3.63, 3.8) is 0 Å². The Bertz CT molecular complexity index is 706. The van der Waals surface area contributed by atoms with Crippen molar-refractivity contribution in [2.75, 3.05) is 0 Å². The van der Waals surface area contributed by atoms with Crippen molar-refractivity contribution in [2.24, 2.45) is 0 Å². The zero-order valence-corrected chi connectivity index (χ0v) is 12.6. The maximum absolute atomic E-state index is 4.34. The molecule has 20 heavy (non-hydrogen) atoms. The highest BCUT2D eigenvalue weighted by Crippen LogP contribution is 2.30. The summed E-state index contributed by atoms with van der Waals surface area (Å²) in [7, 11) is 0. The molecule has 0 aromatic carbocycles. The third-order valence-electron chi connectivity index (χ3n) is 2.66. The van der Waals surface area contributed by atoms with Crippen molar-refractivity contribution in [1.82, 2.24) is 29.1 Å². The Morgan fingerprint density at radius 1 is 1.25 bits per heavy atom. The van der Waals surface area contributed by atoms with Gasteiger partial charge in [-0.3, -0.25) is 4.98 Å². The molecule has 6 nitrogen and oxygen atoms in total. The fraction of sp³-hybridized carbons (Fsp3) is 0.250. The molecule has 0 spiro atoms. The molecule has 3 aromatic rings. The highest BCUT2D eigenvalue weighted by molar-refractivity contribution is 8.00. The Kier molecular flexibility index (Phi) is 3.75. The first-order valence-electron chi connectivity index (χ1n) is 6.09. The van der Waals surface area contributed by atoms with Crippen LogP contribution in [0, 0.1) is 6.92 Å². The van der Waals surface area contributed by atoms with E-state index in [-0.39, 0.29) is 0 Å². The molecule has 0 unspecified atom stereocenters. The van der Waals surface area contributed by atoms with Gasteiger partial charge < -0.3 is 4.57 Å². The average molecular weight is 304 g/mol. The molecular formula is C12H12N6S2. The van der Waals surface area contributed by atoms with Gasteiger partial charge >= 0.3 is 0 Å². The molecular weight excluding hydrogens is 292 g/mol. The molecule has 3 aromatic heterocycles. The van der Waals surface area contributed by atoms with Crippen LogP contribution in [0.15, 0.2) is 34.0 Å². The molecule has 0 bridgehead atoms. The van der Waals surface area contributed by atoms with E-state index in [9.17, 15) is 0 Å². The lowest BCUT2D eigenvalue weighted by Gasteiger charge is -2.05. The van der Waals surface area contributed by atoms with Crippen LogP contribution in [-0.4, -0.2) is 29.1 Å². The first-order chi connectivity index (χ1) is 9.78. The quantitative estimate of drug-likeness (QED) is 0.738. The van der Waals surface area contributed by atoms with E-state index < -0.39 is 0 Å². The minimum absolute atomic E-state index is 0.787. The van der Waals surface area contributed by atoms with Gasteiger partial charge in [-0.25, -0.2) is 4.98 Å². The highest BCUT2D eigenvalue weighted by atomic mass is 32.2. The summed E-state index contributed by atoms with van der Waals surface area (Å²) < 4.78 is 7.12. The minimum atomic E-state index is 0.787. The van der Waals surface area contributed by atoms with Crippen molar-refractivity contribution in [3.8, 4) is 11.4 Å². The second-order valence-electron chi connectivity index (χ2n) is 4.00. The molecule has 8 heteroatoms. The molecule has 0 saturated carbocycles. The van der Waals surface area contributed by atoms with Crippen LogP contribution >= 0.6 is 23.3 Å². The molecule has 0 atom stereocenters. The lowest BCUT2D eigenvalue weighted by Crippen LogP contribution is -1.99. The molecule has 0 radical (unpaired) electrons. The van der Waals surface area contributed by atoms with Gasteiger partial charge in [-0.15, -0.1) is 10.2 Å². The molecule has 0 aliphatic rings. The molecule has 3 rings (SSSR count). The van der Waals surface area contributed by atoms with Crippen molar-refractivity contribution in [3.05, 3.63) is 30.4 Å². The predicted octanol–water partition coefficient (Wildman–Crippen LogP) is 2.67. The van der Waals surface area contributed by atoms with Gasteiger partial charge in [0.2, 0.25) is 0 Å². The maximum atomic E-state index is 4.34. The van der Waals surface area contributed by atoms with Crippen LogP contribution < -0.4 is 0 Å². The first-order valence-corrected chi connectivity index (χ1v) is 7.68. The van der Waals surface area contributed by atoms with E-state index in [1.165, 1.54) is 23.3 Å². The summed E-state index contributed by atoms with van der Waals surface area (Å²) in [5, 5.41) is 9.37. The number of aromatic nitrogens is 6. The zero-order valence-electron chi connectivity index (χ0n) is 11.0. The average Bonchev–Trinajstić information content (AvgIpc) is 3.06. The number of hydrogen-bond acceptors (Lipinski definition) is 7. The van der Waals surface area contributed by atoms with E-state index in [1.807, 2.05) is 19.1 Å². The highest BCUT2D eigenvalue weighted by Gasteiger charge is 2.15. The summed E-state index contributed by atoms with van der Waals surface area (Å²) in [6.07, 6.45) is 3.51. The molecule has 0 N–H and O–H groups in total. The minimum Gasteiger partial charge on any atom is -0.302 e. The van der Waals surface area contributed by atoms with Gasteiger partial charge in [0, 0.05) is 24.5 Å². The van der Waals surface area contributed by atoms with E-state index in [0.29, 0.717) is 0 Å². The van der Waals surface area contributed by atoms with E-state index in [1.54, 1.807) is 12.4 Å². The van der Waals surface area contributed by atoms with Crippen LogP contribution in [0.25, 0.3) is 11.4 Å². The molecule has 0 amide bonds. The summed E-state index contributed by atoms with van der Waals surface area (Å²) in [6, 6.07) is 3.86. The van der Waals surface area contributed by atoms with Crippen molar-refractivity contribution in [1.29, 1.82) is 0 Å². The van der Waals surface area contributed by atoms with E-state index >= 15 is 0 Å². The monoisotopic (exact) mass is 304 g/mol. The topological polar surface area (TPSA) is 69.4 Å². The number of aryl methyl sites for hydroxylation is 1. The summed E-state index contributed by atoms with van der Waals surface area (Å²) in [5.41, 5.74) is 1.01. The molecule has 0 saturated heterocycles. The Labute approximate surface area is 124 Å². The summed E-state index contributed by atoms with van der Waals surface area (Å²) >= 11 is 2.87. The number of hydrogen-bond donors (Lipinski definition) is 0. The zero-order chi connectivity index (χ0) is 13.9. The maximum Gasteiger partial charge on any atom is 0.198 e. The largest absolute Gasteiger partial charge is 0.302 e. The molecule has 0 aliphatic carbocycles. The Morgan fingerprint density at radius 2 is 2.05 bits per heavy atom. The van der Waals surface area contributed by atoms with Gasteiger partial charge in [-0.1, -0.05) is 0 Å². The van der Waals surface area contributed by atoms with E-state index in [4.69, 9.17) is 0 Å². The predicted molar refractivity (Wildman–Crippen MR) is 77.7 cm³/mol. The van der Waals surface area contributed by atoms with Crippen LogP contribution in [0.4, 0.5) is 0 Å². The lowest BCUT2D eigenvalue weighted by atomic mass is 10.2. The smallest absolute Gasteiger partial charge is 0.198 e. The molecule has 0 aliphatic heterocycles. The van der Waals surface area contributed by atoms with Crippen LogP contribution in [0.2, 0.25) is 0 Å². The van der Waals surface area contributed by atoms with Gasteiger partial charge in [0.1, 0.15) is 5.82 Å². The van der Waals surface area contributed by atoms with E-state index in [2.05, 4.69) is 36.0 Å². The Morgan fingerprint density at radius 3 is 2.70 bits per heavy atom. The lowest BCUT2D eigenvalue weighted by molar-refractivity contribution is 0.687. The fourth-order valence-electron chi connectivity index (χ4n) is 1.76. The van der Waals surface area contributed by atoms with Crippen molar-refractivity contribution < 1.29 is 0 Å². The third-order valence-corrected chi connectivity index (χ3v) is 4.49. The second kappa shape index (κ2) is 5.68. The summed E-state index contributed by atoms with van der Waals surface area (Å²) in [6.45, 7) is 4.75. The number of rotatable bonds is 4. The molecule has 102 valence electrons. The number of nitrogens with zero attached hydrogens (tertiary/aromatic N) is 6. The standard InChI is InChI=1S/C12H12N6S2/c1-3-18-10(9-4-6-13-7-5-9)15-16-11(18)19-12-14-8(2)17-20-12/h4-7H,3H2,1-2H3. The van der Waals surface area contributed by atoms with E-state index in [0.717, 1.165) is 33.3 Å². The molecule has 3 heterocycles. The Balaban J connectivity index is 1.95. The first kappa shape index (κ1) is 13.2. The third kappa shape index (κ3) is 2.56. The Hall–Kier alpha value is -1.80. The van der Waals surface area contributed by atoms with Crippen molar-refractivity contribution in [2.45, 2.75) is 29.9 Å². The van der Waals surface area contributed by atoms with Gasteiger partial charge in [0.25, 0.3) is 0 Å². The normalized spacial score (nSPS) is 10.9. The summed E-state index contributed by atoms with van der Waals surface area (Å²) in [5.74, 6) is 1.63. The van der Waals surface area contributed by atoms with Crippen LogP contribution in [-0.2, 0) is 6.54 Å².